The van der Waals surface area contributed by atoms with Crippen LogP contribution in [0.5, 0.6) is 0 Å². The molecule has 0 aliphatic heterocycles. The number of Topliss-reactive ketones (excluding diaryl/α,β-unsaturated/α-hetero) is 1. The quantitative estimate of drug-likeness (QED) is 0.385. The monoisotopic (exact) mass is 407 g/mol. The van der Waals surface area contributed by atoms with Crippen LogP contribution in [0.3, 0.4) is 0 Å². The van der Waals surface area contributed by atoms with Gasteiger partial charge in [0.1, 0.15) is 0 Å². The van der Waals surface area contributed by atoms with E-state index in [0.29, 0.717) is 16.9 Å². The van der Waals surface area contributed by atoms with E-state index in [1.54, 1.807) is 0 Å². The predicted molar refractivity (Wildman–Crippen MR) is 117 cm³/mol. The third-order valence-electron chi connectivity index (χ3n) is 5.40. The predicted octanol–water partition coefficient (Wildman–Crippen LogP) is 5.05. The summed E-state index contributed by atoms with van der Waals surface area (Å²) in [6.07, 6.45) is 3.38. The maximum absolute atomic E-state index is 12.5. The standard InChI is InChI=1S/C23H25N3O2S/c1-3-26(4-2)20-12-10-17(11-13-20)22-24-25-23(28-22)29-15-21(27)19-9-8-16-6-5-7-18(16)14-19/h8-14H,3-7,15H2,1-2H3. The number of aryl methyl sites for hydroxylation is 2. The summed E-state index contributed by atoms with van der Waals surface area (Å²) in [5.74, 6) is 0.859. The Balaban J connectivity index is 1.38. The Labute approximate surface area is 175 Å². The van der Waals surface area contributed by atoms with Crippen LogP contribution in [0.4, 0.5) is 5.69 Å². The molecule has 0 amide bonds. The number of carbonyl (C=O) groups excluding carboxylic acids is 1. The van der Waals surface area contributed by atoms with Crippen molar-refractivity contribution in [3.63, 3.8) is 0 Å². The first-order valence-corrected chi connectivity index (χ1v) is 11.1. The van der Waals surface area contributed by atoms with Crippen molar-refractivity contribution in [2.75, 3.05) is 23.7 Å². The SMILES string of the molecule is CCN(CC)c1ccc(-c2nnc(SCC(=O)c3ccc4c(c3)CCC4)o2)cc1. The number of hydrogen-bond acceptors (Lipinski definition) is 6. The first-order valence-electron chi connectivity index (χ1n) is 10.1. The maximum atomic E-state index is 12.5. The van der Waals surface area contributed by atoms with Crippen LogP contribution in [0.2, 0.25) is 0 Å². The van der Waals surface area contributed by atoms with Crippen LogP contribution in [-0.4, -0.2) is 34.8 Å². The molecule has 0 N–H and O–H groups in total. The minimum Gasteiger partial charge on any atom is -0.411 e. The van der Waals surface area contributed by atoms with E-state index in [2.05, 4.69) is 47.1 Å². The lowest BCUT2D eigenvalue weighted by Crippen LogP contribution is -2.21. The third-order valence-corrected chi connectivity index (χ3v) is 6.21. The first-order chi connectivity index (χ1) is 14.2. The Bertz CT molecular complexity index is 994. The normalized spacial score (nSPS) is 12.8. The lowest BCUT2D eigenvalue weighted by Gasteiger charge is -2.20. The molecule has 0 saturated heterocycles. The molecule has 0 spiro atoms. The Hall–Kier alpha value is -2.60. The van der Waals surface area contributed by atoms with Crippen molar-refractivity contribution in [1.82, 2.24) is 10.2 Å². The van der Waals surface area contributed by atoms with E-state index >= 15 is 0 Å². The second-order valence-corrected chi connectivity index (χ2v) is 8.07. The van der Waals surface area contributed by atoms with Gasteiger partial charge in [0.05, 0.1) is 5.75 Å². The zero-order chi connectivity index (χ0) is 20.2. The third kappa shape index (κ3) is 4.37. The van der Waals surface area contributed by atoms with Crippen LogP contribution >= 0.6 is 11.8 Å². The molecule has 0 radical (unpaired) electrons. The van der Waals surface area contributed by atoms with Crippen LogP contribution in [0.15, 0.2) is 52.1 Å². The summed E-state index contributed by atoms with van der Waals surface area (Å²) in [6.45, 7) is 6.22. The van der Waals surface area contributed by atoms with E-state index in [0.717, 1.165) is 37.1 Å². The second kappa shape index (κ2) is 8.82. The number of aromatic nitrogens is 2. The molecular formula is C23H25N3O2S. The highest BCUT2D eigenvalue weighted by molar-refractivity contribution is 7.99. The van der Waals surface area contributed by atoms with Gasteiger partial charge in [-0.1, -0.05) is 23.9 Å². The molecule has 2 aromatic carbocycles. The molecule has 4 rings (SSSR count). The number of benzene rings is 2. The van der Waals surface area contributed by atoms with Crippen LogP contribution < -0.4 is 4.90 Å². The van der Waals surface area contributed by atoms with Crippen LogP contribution in [-0.2, 0) is 12.8 Å². The minimum absolute atomic E-state index is 0.0908. The van der Waals surface area contributed by atoms with Crippen molar-refractivity contribution in [2.45, 2.75) is 38.3 Å². The number of rotatable bonds is 8. The molecule has 0 unspecified atom stereocenters. The van der Waals surface area contributed by atoms with Gasteiger partial charge in [-0.3, -0.25) is 4.79 Å². The van der Waals surface area contributed by atoms with Crippen LogP contribution in [0, 0.1) is 0 Å². The van der Waals surface area contributed by atoms with E-state index in [1.165, 1.54) is 35.0 Å². The summed E-state index contributed by atoms with van der Waals surface area (Å²) in [5, 5.41) is 8.65. The van der Waals surface area contributed by atoms with E-state index in [1.807, 2.05) is 24.3 Å². The van der Waals surface area contributed by atoms with E-state index in [9.17, 15) is 4.79 Å². The van der Waals surface area contributed by atoms with Gasteiger partial charge in [-0.2, -0.15) is 0 Å². The molecular weight excluding hydrogens is 382 g/mol. The molecule has 1 aliphatic rings. The van der Waals surface area contributed by atoms with E-state index in [4.69, 9.17) is 4.42 Å². The number of nitrogens with zero attached hydrogens (tertiary/aromatic N) is 3. The van der Waals surface area contributed by atoms with Gasteiger partial charge >= 0.3 is 0 Å². The van der Waals surface area contributed by atoms with Crippen LogP contribution in [0.25, 0.3) is 11.5 Å². The summed E-state index contributed by atoms with van der Waals surface area (Å²) >= 11 is 1.29. The van der Waals surface area contributed by atoms with Gasteiger partial charge in [0, 0.05) is 29.9 Å². The van der Waals surface area contributed by atoms with Crippen molar-refractivity contribution in [3.8, 4) is 11.5 Å². The van der Waals surface area contributed by atoms with Crippen molar-refractivity contribution in [1.29, 1.82) is 0 Å². The average molecular weight is 408 g/mol. The van der Waals surface area contributed by atoms with Crippen molar-refractivity contribution in [2.24, 2.45) is 0 Å². The van der Waals surface area contributed by atoms with Gasteiger partial charge < -0.3 is 9.32 Å². The molecule has 0 atom stereocenters. The number of carbonyl (C=O) groups is 1. The second-order valence-electron chi connectivity index (χ2n) is 7.14. The Kier molecular flexibility index (Phi) is 6.00. The van der Waals surface area contributed by atoms with Gasteiger partial charge in [0.15, 0.2) is 5.78 Å². The van der Waals surface area contributed by atoms with Gasteiger partial charge in [-0.25, -0.2) is 0 Å². The number of anilines is 1. The largest absolute Gasteiger partial charge is 0.411 e. The number of thioether (sulfide) groups is 1. The number of fused-ring (bicyclic) bond motifs is 1. The van der Waals surface area contributed by atoms with Gasteiger partial charge in [0.25, 0.3) is 5.22 Å². The fraction of sp³-hybridized carbons (Fsp3) is 0.348. The summed E-state index contributed by atoms with van der Waals surface area (Å²) < 4.78 is 5.76. The highest BCUT2D eigenvalue weighted by Gasteiger charge is 2.16. The van der Waals surface area contributed by atoms with Gasteiger partial charge in [0.2, 0.25) is 5.89 Å². The van der Waals surface area contributed by atoms with Crippen LogP contribution in [0.1, 0.15) is 41.8 Å². The molecule has 5 nitrogen and oxygen atoms in total. The molecule has 150 valence electrons. The molecule has 0 bridgehead atoms. The summed E-state index contributed by atoms with van der Waals surface area (Å²) in [4.78, 5) is 14.8. The summed E-state index contributed by atoms with van der Waals surface area (Å²) in [6, 6.07) is 14.2. The zero-order valence-corrected chi connectivity index (χ0v) is 17.7. The zero-order valence-electron chi connectivity index (χ0n) is 16.9. The van der Waals surface area contributed by atoms with E-state index < -0.39 is 0 Å². The highest BCUT2D eigenvalue weighted by Crippen LogP contribution is 2.27. The fourth-order valence-electron chi connectivity index (χ4n) is 3.74. The number of ketones is 1. The molecule has 0 fully saturated rings. The maximum Gasteiger partial charge on any atom is 0.277 e. The lowest BCUT2D eigenvalue weighted by molar-refractivity contribution is 0.102. The molecule has 6 heteroatoms. The van der Waals surface area contributed by atoms with Crippen molar-refractivity contribution >= 4 is 23.2 Å². The Morgan fingerprint density at radius 2 is 1.79 bits per heavy atom. The molecule has 1 aliphatic carbocycles. The topological polar surface area (TPSA) is 59.2 Å². The molecule has 3 aromatic rings. The summed E-state index contributed by atoms with van der Waals surface area (Å²) in [5.41, 5.74) is 5.51. The van der Waals surface area contributed by atoms with Crippen molar-refractivity contribution in [3.05, 3.63) is 59.2 Å². The van der Waals surface area contributed by atoms with Crippen molar-refractivity contribution < 1.29 is 9.21 Å². The Morgan fingerprint density at radius 3 is 2.55 bits per heavy atom. The average Bonchev–Trinajstić information content (AvgIpc) is 3.42. The number of hydrogen-bond donors (Lipinski definition) is 0. The summed E-state index contributed by atoms with van der Waals surface area (Å²) in [7, 11) is 0. The van der Waals surface area contributed by atoms with Gasteiger partial charge in [-0.05, 0) is 74.6 Å². The fourth-order valence-corrected chi connectivity index (χ4v) is 4.40. The Morgan fingerprint density at radius 1 is 1.03 bits per heavy atom. The molecule has 29 heavy (non-hydrogen) atoms. The lowest BCUT2D eigenvalue weighted by atomic mass is 10.0. The smallest absolute Gasteiger partial charge is 0.277 e. The first kappa shape index (κ1) is 19.7. The molecule has 0 saturated carbocycles. The van der Waals surface area contributed by atoms with Gasteiger partial charge in [-0.15, -0.1) is 10.2 Å². The minimum atomic E-state index is 0.0908. The van der Waals surface area contributed by atoms with E-state index in [-0.39, 0.29) is 5.78 Å². The molecule has 1 heterocycles. The molecule has 1 aromatic heterocycles. The highest BCUT2D eigenvalue weighted by atomic mass is 32.2.